The van der Waals surface area contributed by atoms with Crippen LogP contribution in [0.1, 0.15) is 9.80 Å². The van der Waals surface area contributed by atoms with Gasteiger partial charge in [-0.2, -0.15) is 0 Å². The quantitative estimate of drug-likeness (QED) is 0.813. The molecule has 0 radical (unpaired) electrons. The third-order valence-electron chi connectivity index (χ3n) is 1.22. The van der Waals surface area contributed by atoms with E-state index in [0.717, 1.165) is 11.5 Å². The maximum absolute atomic E-state index is 11.4. The summed E-state index contributed by atoms with van der Waals surface area (Å²) in [5, 5.41) is 9.03. The van der Waals surface area contributed by atoms with Crippen LogP contribution in [-0.4, -0.2) is 20.5 Å². The third kappa shape index (κ3) is 1.87. The highest BCUT2D eigenvalue weighted by Crippen LogP contribution is 2.12. The van der Waals surface area contributed by atoms with Crippen LogP contribution in [-0.2, 0) is 0 Å². The first-order valence-electron chi connectivity index (χ1n) is 3.34. The van der Waals surface area contributed by atoms with Gasteiger partial charge in [0.1, 0.15) is 5.00 Å². The zero-order chi connectivity index (χ0) is 9.10. The minimum atomic E-state index is -0.221. The van der Waals surface area contributed by atoms with Crippen LogP contribution in [0.2, 0.25) is 0 Å². The molecule has 2 rings (SSSR count). The van der Waals surface area contributed by atoms with E-state index < -0.39 is 0 Å². The van der Waals surface area contributed by atoms with Gasteiger partial charge in [0, 0.05) is 23.1 Å². The lowest BCUT2D eigenvalue weighted by atomic mass is 10.6. The van der Waals surface area contributed by atoms with Gasteiger partial charge in [-0.3, -0.25) is 4.79 Å². The SMILES string of the molecule is O=C(Nc1cnns1)c1nccs1. The molecule has 2 aromatic rings. The molecule has 0 aliphatic rings. The molecule has 0 saturated carbocycles. The molecule has 2 aromatic heterocycles. The van der Waals surface area contributed by atoms with Gasteiger partial charge < -0.3 is 5.32 Å². The molecule has 0 unspecified atom stereocenters. The molecule has 0 aliphatic heterocycles. The summed E-state index contributed by atoms with van der Waals surface area (Å²) in [5.41, 5.74) is 0. The molecule has 0 fully saturated rings. The van der Waals surface area contributed by atoms with Crippen LogP contribution in [0.25, 0.3) is 0 Å². The lowest BCUT2D eigenvalue weighted by molar-refractivity contribution is 0.102. The van der Waals surface area contributed by atoms with Crippen molar-refractivity contribution in [1.82, 2.24) is 14.6 Å². The molecular formula is C6H4N4OS2. The molecule has 0 aromatic carbocycles. The van der Waals surface area contributed by atoms with E-state index >= 15 is 0 Å². The number of hydrogen-bond donors (Lipinski definition) is 1. The molecule has 5 nitrogen and oxygen atoms in total. The topological polar surface area (TPSA) is 67.8 Å². The van der Waals surface area contributed by atoms with Crippen LogP contribution < -0.4 is 5.32 Å². The van der Waals surface area contributed by atoms with Crippen molar-refractivity contribution in [2.75, 3.05) is 5.32 Å². The van der Waals surface area contributed by atoms with Crippen molar-refractivity contribution in [3.05, 3.63) is 22.8 Å². The number of rotatable bonds is 2. The van der Waals surface area contributed by atoms with Crippen molar-refractivity contribution in [2.45, 2.75) is 0 Å². The monoisotopic (exact) mass is 212 g/mol. The highest BCUT2D eigenvalue weighted by molar-refractivity contribution is 7.12. The Morgan fingerprint density at radius 1 is 1.54 bits per heavy atom. The van der Waals surface area contributed by atoms with Crippen LogP contribution in [0.4, 0.5) is 5.00 Å². The average molecular weight is 212 g/mol. The fourth-order valence-corrected chi connectivity index (χ4v) is 1.67. The molecule has 1 N–H and O–H groups in total. The summed E-state index contributed by atoms with van der Waals surface area (Å²) < 4.78 is 3.62. The number of hydrogen-bond acceptors (Lipinski definition) is 6. The minimum Gasteiger partial charge on any atom is -0.309 e. The van der Waals surface area contributed by atoms with Crippen LogP contribution in [0, 0.1) is 0 Å². The first-order chi connectivity index (χ1) is 6.36. The average Bonchev–Trinajstić information content (AvgIpc) is 2.74. The van der Waals surface area contributed by atoms with Gasteiger partial charge in [0.2, 0.25) is 0 Å². The van der Waals surface area contributed by atoms with Crippen LogP contribution in [0.5, 0.6) is 0 Å². The summed E-state index contributed by atoms with van der Waals surface area (Å²) in [5.74, 6) is -0.221. The summed E-state index contributed by atoms with van der Waals surface area (Å²) in [7, 11) is 0. The first-order valence-corrected chi connectivity index (χ1v) is 5.00. The molecule has 0 atom stereocenters. The van der Waals surface area contributed by atoms with Gasteiger partial charge >= 0.3 is 0 Å². The Balaban J connectivity index is 2.08. The maximum Gasteiger partial charge on any atom is 0.285 e. The van der Waals surface area contributed by atoms with Crippen molar-refractivity contribution >= 4 is 33.8 Å². The Hall–Kier alpha value is -1.34. The molecule has 0 aliphatic carbocycles. The van der Waals surface area contributed by atoms with Crippen LogP contribution in [0.3, 0.4) is 0 Å². The van der Waals surface area contributed by atoms with E-state index in [-0.39, 0.29) is 5.91 Å². The highest BCUT2D eigenvalue weighted by atomic mass is 32.1. The first kappa shape index (κ1) is 8.27. The number of carbonyl (C=O) groups excluding carboxylic acids is 1. The predicted molar refractivity (Wildman–Crippen MR) is 50.0 cm³/mol. The van der Waals surface area contributed by atoms with E-state index in [4.69, 9.17) is 0 Å². The highest BCUT2D eigenvalue weighted by Gasteiger charge is 2.08. The largest absolute Gasteiger partial charge is 0.309 e. The Labute approximate surface area is 81.6 Å². The second-order valence-corrected chi connectivity index (χ2v) is 3.75. The summed E-state index contributed by atoms with van der Waals surface area (Å²) in [6, 6.07) is 0. The number of carbonyl (C=O) groups is 1. The van der Waals surface area contributed by atoms with Crippen molar-refractivity contribution in [2.24, 2.45) is 0 Å². The Morgan fingerprint density at radius 3 is 3.08 bits per heavy atom. The van der Waals surface area contributed by atoms with Gasteiger partial charge in [-0.05, 0) is 0 Å². The second kappa shape index (κ2) is 3.58. The van der Waals surface area contributed by atoms with E-state index in [1.54, 1.807) is 11.6 Å². The molecule has 7 heteroatoms. The summed E-state index contributed by atoms with van der Waals surface area (Å²) in [6.45, 7) is 0. The van der Waals surface area contributed by atoms with E-state index in [9.17, 15) is 4.79 Å². The maximum atomic E-state index is 11.4. The molecule has 1 amide bonds. The fraction of sp³-hybridized carbons (Fsp3) is 0. The van der Waals surface area contributed by atoms with E-state index in [1.807, 2.05) is 0 Å². The number of thiazole rings is 1. The fourth-order valence-electron chi connectivity index (χ4n) is 0.723. The van der Waals surface area contributed by atoms with Crippen molar-refractivity contribution < 1.29 is 4.79 Å². The summed E-state index contributed by atoms with van der Waals surface area (Å²) in [4.78, 5) is 15.2. The van der Waals surface area contributed by atoms with Gasteiger partial charge in [0.25, 0.3) is 5.91 Å². The van der Waals surface area contributed by atoms with E-state index in [0.29, 0.717) is 10.0 Å². The minimum absolute atomic E-state index is 0.221. The number of anilines is 1. The zero-order valence-electron chi connectivity index (χ0n) is 6.30. The number of nitrogens with one attached hydrogen (secondary N) is 1. The van der Waals surface area contributed by atoms with Crippen LogP contribution >= 0.6 is 22.9 Å². The molecule has 66 valence electrons. The lowest BCUT2D eigenvalue weighted by Crippen LogP contribution is -2.10. The zero-order valence-corrected chi connectivity index (χ0v) is 7.93. The lowest BCUT2D eigenvalue weighted by Gasteiger charge is -1.95. The normalized spacial score (nSPS) is 9.85. The van der Waals surface area contributed by atoms with Gasteiger partial charge in [-0.15, -0.1) is 16.4 Å². The van der Waals surface area contributed by atoms with Crippen molar-refractivity contribution in [3.63, 3.8) is 0 Å². The van der Waals surface area contributed by atoms with Gasteiger partial charge in [0.15, 0.2) is 5.01 Å². The standard InChI is InChI=1S/C6H4N4OS2/c11-5(6-7-1-2-12-6)9-4-3-8-10-13-4/h1-3H,(H,9,11). The number of amides is 1. The molecular weight excluding hydrogens is 208 g/mol. The summed E-state index contributed by atoms with van der Waals surface area (Å²) >= 11 is 2.43. The molecule has 13 heavy (non-hydrogen) atoms. The Morgan fingerprint density at radius 2 is 2.46 bits per heavy atom. The smallest absolute Gasteiger partial charge is 0.285 e. The molecule has 2 heterocycles. The third-order valence-corrected chi connectivity index (χ3v) is 2.58. The molecule has 0 bridgehead atoms. The van der Waals surface area contributed by atoms with Gasteiger partial charge in [-0.1, -0.05) is 4.49 Å². The van der Waals surface area contributed by atoms with E-state index in [2.05, 4.69) is 19.9 Å². The predicted octanol–water partition coefficient (Wildman–Crippen LogP) is 1.25. The van der Waals surface area contributed by atoms with Gasteiger partial charge in [-0.25, -0.2) is 4.98 Å². The van der Waals surface area contributed by atoms with Crippen molar-refractivity contribution in [1.29, 1.82) is 0 Å². The van der Waals surface area contributed by atoms with Crippen LogP contribution in [0.15, 0.2) is 17.8 Å². The van der Waals surface area contributed by atoms with Crippen molar-refractivity contribution in [3.8, 4) is 0 Å². The molecule has 0 saturated heterocycles. The number of nitrogens with zero attached hydrogens (tertiary/aromatic N) is 3. The Kier molecular flexibility index (Phi) is 2.28. The van der Waals surface area contributed by atoms with Gasteiger partial charge in [0.05, 0.1) is 6.20 Å². The number of aromatic nitrogens is 3. The van der Waals surface area contributed by atoms with E-state index in [1.165, 1.54) is 17.5 Å². The second-order valence-electron chi connectivity index (χ2n) is 2.07. The Bertz CT molecular complexity index is 383. The summed E-state index contributed by atoms with van der Waals surface area (Å²) in [6.07, 6.45) is 3.08. The molecule has 0 spiro atoms.